The minimum absolute atomic E-state index is 0.141. The van der Waals surface area contributed by atoms with Gasteiger partial charge in [0.15, 0.2) is 0 Å². The standard InChI is InChI=1S/C23H24N6/c1-15(25)12-21(26)18-4-2-17(3-5-18)20-14-28-23-19(6-9-27-23)22(20)29-10-7-16(13-24)8-11-29/h2-6,9,12,14,16,26H,7-8,10-11,25H2,1H3,(H,27,28)/b15-12-,26-21?. The Balaban J connectivity index is 1.73. The number of rotatable bonds is 4. The Labute approximate surface area is 170 Å². The van der Waals surface area contributed by atoms with Crippen LogP contribution in [-0.2, 0) is 0 Å². The topological polar surface area (TPSA) is 106 Å². The molecule has 6 heteroatoms. The van der Waals surface area contributed by atoms with E-state index in [1.165, 1.54) is 0 Å². The van der Waals surface area contributed by atoms with Gasteiger partial charge in [0.25, 0.3) is 0 Å². The molecule has 0 amide bonds. The summed E-state index contributed by atoms with van der Waals surface area (Å²) in [7, 11) is 0. The fraction of sp³-hybridized carbons (Fsp3) is 0.261. The van der Waals surface area contributed by atoms with Gasteiger partial charge in [-0.15, -0.1) is 0 Å². The Morgan fingerprint density at radius 1 is 1.28 bits per heavy atom. The summed E-state index contributed by atoms with van der Waals surface area (Å²) < 4.78 is 0. The summed E-state index contributed by atoms with van der Waals surface area (Å²) in [4.78, 5) is 10.2. The smallest absolute Gasteiger partial charge is 0.139 e. The van der Waals surface area contributed by atoms with Crippen LogP contribution in [0, 0.1) is 22.7 Å². The predicted molar refractivity (Wildman–Crippen MR) is 117 cm³/mol. The third kappa shape index (κ3) is 3.72. The zero-order chi connectivity index (χ0) is 20.4. The molecule has 29 heavy (non-hydrogen) atoms. The van der Waals surface area contributed by atoms with Gasteiger partial charge >= 0.3 is 0 Å². The number of hydrogen-bond donors (Lipinski definition) is 3. The molecule has 4 rings (SSSR count). The second-order valence-corrected chi connectivity index (χ2v) is 7.53. The van der Waals surface area contributed by atoms with Gasteiger partial charge in [-0.1, -0.05) is 24.3 Å². The lowest BCUT2D eigenvalue weighted by atomic mass is 9.95. The van der Waals surface area contributed by atoms with Crippen LogP contribution in [-0.4, -0.2) is 28.8 Å². The largest absolute Gasteiger partial charge is 0.402 e. The van der Waals surface area contributed by atoms with Crippen molar-refractivity contribution in [2.24, 2.45) is 11.7 Å². The number of fused-ring (bicyclic) bond motifs is 1. The van der Waals surface area contributed by atoms with Crippen LogP contribution in [0.2, 0.25) is 0 Å². The highest BCUT2D eigenvalue weighted by molar-refractivity contribution is 6.07. The quantitative estimate of drug-likeness (QED) is 0.586. The first-order valence-corrected chi connectivity index (χ1v) is 9.80. The van der Waals surface area contributed by atoms with Crippen molar-refractivity contribution in [3.63, 3.8) is 0 Å². The van der Waals surface area contributed by atoms with E-state index in [-0.39, 0.29) is 5.92 Å². The molecule has 0 radical (unpaired) electrons. The molecule has 0 spiro atoms. The van der Waals surface area contributed by atoms with Crippen LogP contribution in [0.5, 0.6) is 0 Å². The number of H-pyrrole nitrogens is 1. The lowest BCUT2D eigenvalue weighted by Gasteiger charge is -2.33. The number of nitriles is 1. The number of benzene rings is 1. The highest BCUT2D eigenvalue weighted by atomic mass is 15.1. The molecule has 1 fully saturated rings. The molecule has 4 N–H and O–H groups in total. The molecule has 0 unspecified atom stereocenters. The summed E-state index contributed by atoms with van der Waals surface area (Å²) >= 11 is 0. The van der Waals surface area contributed by atoms with Gasteiger partial charge < -0.3 is 21.0 Å². The molecule has 3 heterocycles. The second kappa shape index (κ2) is 7.80. The molecule has 1 saturated heterocycles. The van der Waals surface area contributed by atoms with E-state index >= 15 is 0 Å². The number of aromatic amines is 1. The first kappa shape index (κ1) is 18.8. The molecule has 3 aromatic rings. The second-order valence-electron chi connectivity index (χ2n) is 7.53. The van der Waals surface area contributed by atoms with Gasteiger partial charge in [0.05, 0.1) is 17.5 Å². The van der Waals surface area contributed by atoms with Gasteiger partial charge in [-0.25, -0.2) is 4.98 Å². The minimum atomic E-state index is 0.141. The Kier molecular flexibility index (Phi) is 5.05. The van der Waals surface area contributed by atoms with Gasteiger partial charge in [0, 0.05) is 48.0 Å². The van der Waals surface area contributed by atoms with E-state index in [4.69, 9.17) is 11.1 Å². The average Bonchev–Trinajstić information content (AvgIpc) is 3.21. The van der Waals surface area contributed by atoms with E-state index in [1.807, 2.05) is 36.7 Å². The maximum atomic E-state index is 9.23. The summed E-state index contributed by atoms with van der Waals surface area (Å²) in [6, 6.07) is 12.4. The number of anilines is 1. The first-order chi connectivity index (χ1) is 14.1. The number of piperidine rings is 1. The molecule has 1 aliphatic heterocycles. The van der Waals surface area contributed by atoms with Crippen LogP contribution in [0.25, 0.3) is 22.2 Å². The molecule has 146 valence electrons. The van der Waals surface area contributed by atoms with Crippen LogP contribution in [0.3, 0.4) is 0 Å². The zero-order valence-electron chi connectivity index (χ0n) is 16.4. The number of nitrogens with one attached hydrogen (secondary N) is 2. The zero-order valence-corrected chi connectivity index (χ0v) is 16.4. The predicted octanol–water partition coefficient (Wildman–Crippen LogP) is 4.20. The third-order valence-electron chi connectivity index (χ3n) is 5.43. The molecule has 1 aromatic carbocycles. The number of allylic oxidation sites excluding steroid dienone is 2. The van der Waals surface area contributed by atoms with E-state index in [9.17, 15) is 5.26 Å². The Morgan fingerprint density at radius 2 is 2.00 bits per heavy atom. The van der Waals surface area contributed by atoms with Gasteiger partial charge in [0.2, 0.25) is 0 Å². The van der Waals surface area contributed by atoms with Gasteiger partial charge in [-0.2, -0.15) is 5.26 Å². The highest BCUT2D eigenvalue weighted by Crippen LogP contribution is 2.38. The fourth-order valence-electron chi connectivity index (χ4n) is 3.92. The molecule has 0 saturated carbocycles. The van der Waals surface area contributed by atoms with E-state index in [0.717, 1.165) is 59.3 Å². The van der Waals surface area contributed by atoms with Crippen molar-refractivity contribution in [3.05, 3.63) is 60.1 Å². The number of nitrogens with two attached hydrogens (primary N) is 1. The Morgan fingerprint density at radius 3 is 2.66 bits per heavy atom. The Hall–Kier alpha value is -3.59. The lowest BCUT2D eigenvalue weighted by molar-refractivity contribution is 0.488. The van der Waals surface area contributed by atoms with E-state index < -0.39 is 0 Å². The number of aromatic nitrogens is 2. The summed E-state index contributed by atoms with van der Waals surface area (Å²) in [5.41, 5.74) is 11.7. The van der Waals surface area contributed by atoms with Crippen molar-refractivity contribution in [2.45, 2.75) is 19.8 Å². The molecule has 2 aromatic heterocycles. The Bertz CT molecular complexity index is 1100. The van der Waals surface area contributed by atoms with E-state index in [1.54, 1.807) is 13.0 Å². The number of hydrogen-bond acceptors (Lipinski definition) is 5. The molecular weight excluding hydrogens is 360 g/mol. The van der Waals surface area contributed by atoms with E-state index in [2.05, 4.69) is 27.0 Å². The van der Waals surface area contributed by atoms with Crippen molar-refractivity contribution in [3.8, 4) is 17.2 Å². The molecule has 6 nitrogen and oxygen atoms in total. The van der Waals surface area contributed by atoms with Crippen LogP contribution in [0.4, 0.5) is 5.69 Å². The third-order valence-corrected chi connectivity index (χ3v) is 5.43. The number of pyridine rings is 1. The van der Waals surface area contributed by atoms with E-state index in [0.29, 0.717) is 11.4 Å². The maximum absolute atomic E-state index is 9.23. The summed E-state index contributed by atoms with van der Waals surface area (Å²) in [5, 5.41) is 18.5. The minimum Gasteiger partial charge on any atom is -0.402 e. The van der Waals surface area contributed by atoms with Crippen molar-refractivity contribution in [2.75, 3.05) is 18.0 Å². The number of nitrogens with zero attached hydrogens (tertiary/aromatic N) is 3. The average molecular weight is 384 g/mol. The molecule has 0 bridgehead atoms. The van der Waals surface area contributed by atoms with Crippen LogP contribution >= 0.6 is 0 Å². The monoisotopic (exact) mass is 384 g/mol. The lowest BCUT2D eigenvalue weighted by Crippen LogP contribution is -2.33. The fourth-order valence-corrected chi connectivity index (χ4v) is 3.92. The van der Waals surface area contributed by atoms with Gasteiger partial charge in [0.1, 0.15) is 5.65 Å². The molecular formula is C23H24N6. The van der Waals surface area contributed by atoms with Gasteiger partial charge in [-0.3, -0.25) is 0 Å². The van der Waals surface area contributed by atoms with Crippen molar-refractivity contribution >= 4 is 22.4 Å². The summed E-state index contributed by atoms with van der Waals surface area (Å²) in [5.74, 6) is 0.141. The highest BCUT2D eigenvalue weighted by Gasteiger charge is 2.23. The maximum Gasteiger partial charge on any atom is 0.139 e. The first-order valence-electron chi connectivity index (χ1n) is 9.80. The van der Waals surface area contributed by atoms with Crippen molar-refractivity contribution in [1.29, 1.82) is 10.7 Å². The SMILES string of the molecule is C/C(N)=C/C(=N)c1ccc(-c2cnc3[nH]ccc3c2N2CCC(C#N)CC2)cc1. The van der Waals surface area contributed by atoms with Crippen LogP contribution in [0.1, 0.15) is 25.3 Å². The summed E-state index contributed by atoms with van der Waals surface area (Å²) in [6.45, 7) is 3.50. The van der Waals surface area contributed by atoms with Crippen LogP contribution in [0.15, 0.2) is 54.5 Å². The van der Waals surface area contributed by atoms with Crippen molar-refractivity contribution in [1.82, 2.24) is 9.97 Å². The normalized spacial score (nSPS) is 15.4. The molecule has 1 aliphatic rings. The van der Waals surface area contributed by atoms with Crippen LogP contribution < -0.4 is 10.6 Å². The molecule has 0 aliphatic carbocycles. The molecule has 0 atom stereocenters. The van der Waals surface area contributed by atoms with Gasteiger partial charge in [-0.05, 0) is 43.0 Å². The van der Waals surface area contributed by atoms with Crippen molar-refractivity contribution < 1.29 is 0 Å². The summed E-state index contributed by atoms with van der Waals surface area (Å²) in [6.07, 6.45) is 7.25.